The molecule has 2 amide bonds. The fourth-order valence-corrected chi connectivity index (χ4v) is 3.27. The van der Waals surface area contributed by atoms with Gasteiger partial charge in [-0.15, -0.1) is 0 Å². The first-order chi connectivity index (χ1) is 10.5. The summed E-state index contributed by atoms with van der Waals surface area (Å²) in [7, 11) is 0. The highest BCUT2D eigenvalue weighted by molar-refractivity contribution is 8.18. The van der Waals surface area contributed by atoms with E-state index in [2.05, 4.69) is 0 Å². The van der Waals surface area contributed by atoms with Gasteiger partial charge in [-0.1, -0.05) is 38.8 Å². The summed E-state index contributed by atoms with van der Waals surface area (Å²) >= 11 is 0.898. The van der Waals surface area contributed by atoms with Gasteiger partial charge in [-0.05, 0) is 23.8 Å². The molecule has 0 saturated carbocycles. The number of hydrogen-bond acceptors (Lipinski definition) is 5. The Labute approximate surface area is 134 Å². The van der Waals surface area contributed by atoms with Crippen molar-refractivity contribution in [2.75, 3.05) is 6.54 Å². The van der Waals surface area contributed by atoms with Crippen molar-refractivity contribution < 1.29 is 19.8 Å². The fraction of sp³-hybridized carbons (Fsp3) is 0.500. The molecule has 0 aromatic rings. The molecule has 6 heteroatoms. The molecule has 0 radical (unpaired) electrons. The minimum Gasteiger partial charge on any atom is -0.512 e. The number of imide groups is 1. The van der Waals surface area contributed by atoms with E-state index in [0.29, 0.717) is 22.9 Å². The lowest BCUT2D eigenvalue weighted by Gasteiger charge is -2.19. The van der Waals surface area contributed by atoms with Gasteiger partial charge in [0, 0.05) is 18.5 Å². The van der Waals surface area contributed by atoms with E-state index in [4.69, 9.17) is 0 Å². The van der Waals surface area contributed by atoms with Gasteiger partial charge in [-0.2, -0.15) is 0 Å². The third kappa shape index (κ3) is 3.62. The van der Waals surface area contributed by atoms with Crippen molar-refractivity contribution in [1.29, 1.82) is 0 Å². The first-order valence-corrected chi connectivity index (χ1v) is 8.31. The largest absolute Gasteiger partial charge is 0.512 e. The van der Waals surface area contributed by atoms with Gasteiger partial charge >= 0.3 is 0 Å². The Morgan fingerprint density at radius 2 is 2.09 bits per heavy atom. The maximum absolute atomic E-state index is 12.4. The first-order valence-electron chi connectivity index (χ1n) is 7.50. The predicted octanol–water partition coefficient (Wildman–Crippen LogP) is 3.13. The minimum atomic E-state index is -0.706. The van der Waals surface area contributed by atoms with Gasteiger partial charge in [0.15, 0.2) is 0 Å². The zero-order valence-electron chi connectivity index (χ0n) is 12.8. The summed E-state index contributed by atoms with van der Waals surface area (Å²) in [5.41, 5.74) is 0.471. The monoisotopic (exact) mass is 323 g/mol. The summed E-state index contributed by atoms with van der Waals surface area (Å²) < 4.78 is 0. The lowest BCUT2D eigenvalue weighted by molar-refractivity contribution is -0.123. The number of carbonyl (C=O) groups excluding carboxylic acids is 2. The first kappa shape index (κ1) is 16.8. The SMILES string of the molecule is CCC(CC)CN1C(=O)S/C(=C\C2=C(O)CC(O)C=C2)C1=O. The molecule has 5 nitrogen and oxygen atoms in total. The molecule has 2 aliphatic rings. The standard InChI is InChI=1S/C16H21NO4S/c1-3-10(4-2)9-17-15(20)14(22-16(17)21)7-11-5-6-12(18)8-13(11)19/h5-7,10,12,18-19H,3-4,8-9H2,1-2H3/b14-7-. The van der Waals surface area contributed by atoms with Crippen LogP contribution in [0.5, 0.6) is 0 Å². The van der Waals surface area contributed by atoms with E-state index < -0.39 is 6.10 Å². The van der Waals surface area contributed by atoms with Gasteiger partial charge in [-0.3, -0.25) is 14.5 Å². The molecule has 2 N–H and O–H groups in total. The van der Waals surface area contributed by atoms with E-state index in [1.165, 1.54) is 11.0 Å². The van der Waals surface area contributed by atoms with Gasteiger partial charge in [-0.25, -0.2) is 0 Å². The number of aliphatic hydroxyl groups excluding tert-OH is 2. The predicted molar refractivity (Wildman–Crippen MR) is 86.3 cm³/mol. The highest BCUT2D eigenvalue weighted by atomic mass is 32.2. The van der Waals surface area contributed by atoms with Crippen LogP contribution in [0.25, 0.3) is 0 Å². The molecule has 22 heavy (non-hydrogen) atoms. The van der Waals surface area contributed by atoms with Crippen molar-refractivity contribution in [2.24, 2.45) is 5.92 Å². The Morgan fingerprint density at radius 3 is 2.68 bits per heavy atom. The maximum atomic E-state index is 12.4. The number of amides is 2. The van der Waals surface area contributed by atoms with Gasteiger partial charge in [0.1, 0.15) is 5.76 Å². The summed E-state index contributed by atoms with van der Waals surface area (Å²) in [5, 5.41) is 19.0. The van der Waals surface area contributed by atoms with Crippen molar-refractivity contribution in [3.05, 3.63) is 34.5 Å². The van der Waals surface area contributed by atoms with E-state index in [0.717, 1.165) is 24.6 Å². The van der Waals surface area contributed by atoms with Crippen molar-refractivity contribution in [3.63, 3.8) is 0 Å². The molecule has 0 bridgehead atoms. The van der Waals surface area contributed by atoms with E-state index in [-0.39, 0.29) is 23.3 Å². The topological polar surface area (TPSA) is 77.8 Å². The number of carbonyl (C=O) groups is 2. The molecule has 0 aromatic carbocycles. The number of allylic oxidation sites excluding steroid dienone is 3. The normalized spacial score (nSPS) is 24.3. The Morgan fingerprint density at radius 1 is 1.41 bits per heavy atom. The van der Waals surface area contributed by atoms with Crippen LogP contribution < -0.4 is 0 Å². The Balaban J connectivity index is 2.16. The van der Waals surface area contributed by atoms with E-state index in [1.54, 1.807) is 12.2 Å². The molecule has 1 fully saturated rings. The van der Waals surface area contributed by atoms with Crippen LogP contribution in [-0.4, -0.2) is 38.9 Å². The van der Waals surface area contributed by atoms with Crippen LogP contribution in [0.1, 0.15) is 33.1 Å². The molecule has 120 valence electrons. The quantitative estimate of drug-likeness (QED) is 0.760. The Kier molecular flexibility index (Phi) is 5.47. The molecule has 1 atom stereocenters. The molecular weight excluding hydrogens is 302 g/mol. The number of hydrogen-bond donors (Lipinski definition) is 2. The summed E-state index contributed by atoms with van der Waals surface area (Å²) in [6, 6.07) is 0. The van der Waals surface area contributed by atoms with Crippen LogP contribution in [0, 0.1) is 5.92 Å². The molecule has 1 unspecified atom stereocenters. The van der Waals surface area contributed by atoms with Crippen LogP contribution in [0.4, 0.5) is 4.79 Å². The molecule has 1 aliphatic heterocycles. The molecular formula is C16H21NO4S. The molecule has 2 rings (SSSR count). The van der Waals surface area contributed by atoms with Crippen LogP contribution >= 0.6 is 11.8 Å². The second-order valence-electron chi connectivity index (χ2n) is 5.51. The highest BCUT2D eigenvalue weighted by Crippen LogP contribution is 2.33. The fourth-order valence-electron chi connectivity index (χ4n) is 2.43. The van der Waals surface area contributed by atoms with Gasteiger partial charge in [0.05, 0.1) is 11.0 Å². The van der Waals surface area contributed by atoms with Crippen molar-refractivity contribution in [2.45, 2.75) is 39.2 Å². The van der Waals surface area contributed by atoms with E-state index in [9.17, 15) is 19.8 Å². The van der Waals surface area contributed by atoms with Gasteiger partial charge in [0.2, 0.25) is 0 Å². The lowest BCUT2D eigenvalue weighted by atomic mass is 10.0. The summed E-state index contributed by atoms with van der Waals surface area (Å²) in [4.78, 5) is 26.0. The average Bonchev–Trinajstić information content (AvgIpc) is 2.74. The zero-order chi connectivity index (χ0) is 16.3. The number of nitrogens with zero attached hydrogens (tertiary/aromatic N) is 1. The summed E-state index contributed by atoms with van der Waals surface area (Å²) in [6.07, 6.45) is 5.91. The van der Waals surface area contributed by atoms with Crippen molar-refractivity contribution in [3.8, 4) is 0 Å². The summed E-state index contributed by atoms with van der Waals surface area (Å²) in [5.74, 6) is 0.0358. The van der Waals surface area contributed by atoms with Crippen molar-refractivity contribution in [1.82, 2.24) is 4.90 Å². The third-order valence-corrected chi connectivity index (χ3v) is 4.90. The lowest BCUT2D eigenvalue weighted by Crippen LogP contribution is -2.33. The van der Waals surface area contributed by atoms with Gasteiger partial charge < -0.3 is 10.2 Å². The zero-order valence-corrected chi connectivity index (χ0v) is 13.6. The second-order valence-corrected chi connectivity index (χ2v) is 6.50. The molecule has 1 aliphatic carbocycles. The van der Waals surface area contributed by atoms with Crippen LogP contribution in [0.15, 0.2) is 34.5 Å². The van der Waals surface area contributed by atoms with E-state index >= 15 is 0 Å². The molecule has 1 saturated heterocycles. The number of thioether (sulfide) groups is 1. The Bertz CT molecular complexity index is 560. The number of aliphatic hydroxyl groups is 2. The van der Waals surface area contributed by atoms with Crippen LogP contribution in [0.3, 0.4) is 0 Å². The molecule has 0 spiro atoms. The van der Waals surface area contributed by atoms with Crippen LogP contribution in [0.2, 0.25) is 0 Å². The minimum absolute atomic E-state index is 0.0294. The second kappa shape index (κ2) is 7.15. The van der Waals surface area contributed by atoms with Gasteiger partial charge in [0.25, 0.3) is 11.1 Å². The Hall–Kier alpha value is -1.53. The average molecular weight is 323 g/mol. The molecule has 1 heterocycles. The highest BCUT2D eigenvalue weighted by Gasteiger charge is 2.36. The molecule has 0 aromatic heterocycles. The van der Waals surface area contributed by atoms with Crippen LogP contribution in [-0.2, 0) is 4.79 Å². The summed E-state index contributed by atoms with van der Waals surface area (Å²) in [6.45, 7) is 4.53. The smallest absolute Gasteiger partial charge is 0.293 e. The number of rotatable bonds is 5. The van der Waals surface area contributed by atoms with E-state index in [1.807, 2.05) is 13.8 Å². The van der Waals surface area contributed by atoms with Crippen molar-refractivity contribution >= 4 is 22.9 Å². The maximum Gasteiger partial charge on any atom is 0.293 e. The third-order valence-electron chi connectivity index (χ3n) is 3.99.